The molecular formula is C18H26N6O. The zero-order valence-electron chi connectivity index (χ0n) is 14.7. The summed E-state index contributed by atoms with van der Waals surface area (Å²) in [5.41, 5.74) is 2.51. The van der Waals surface area contributed by atoms with E-state index < -0.39 is 0 Å². The second kappa shape index (κ2) is 8.71. The maximum atomic E-state index is 12.2. The maximum Gasteiger partial charge on any atom is 0.273 e. The molecule has 7 nitrogen and oxygen atoms in total. The smallest absolute Gasteiger partial charge is 0.273 e. The predicted octanol–water partition coefficient (Wildman–Crippen LogP) is 1.49. The summed E-state index contributed by atoms with van der Waals surface area (Å²) in [5.74, 6) is -0.185. The molecule has 7 heteroatoms. The van der Waals surface area contributed by atoms with Gasteiger partial charge in [0.2, 0.25) is 0 Å². The van der Waals surface area contributed by atoms with E-state index in [4.69, 9.17) is 0 Å². The third-order valence-corrected chi connectivity index (χ3v) is 4.66. The predicted molar refractivity (Wildman–Crippen MR) is 95.3 cm³/mol. The van der Waals surface area contributed by atoms with Gasteiger partial charge in [0, 0.05) is 37.4 Å². The monoisotopic (exact) mass is 342 g/mol. The Balaban J connectivity index is 1.43. The number of carbonyl (C=O) groups excluding carboxylic acids is 1. The van der Waals surface area contributed by atoms with Crippen LogP contribution in [0.3, 0.4) is 0 Å². The second-order valence-electron chi connectivity index (χ2n) is 6.58. The second-order valence-corrected chi connectivity index (χ2v) is 6.58. The lowest BCUT2D eigenvalue weighted by Crippen LogP contribution is -2.34. The molecule has 1 aliphatic rings. The summed E-state index contributed by atoms with van der Waals surface area (Å²) in [6, 6.07) is 4.49. The van der Waals surface area contributed by atoms with E-state index in [0.717, 1.165) is 30.8 Å². The highest BCUT2D eigenvalue weighted by molar-refractivity contribution is 5.91. The van der Waals surface area contributed by atoms with Crippen molar-refractivity contribution in [1.82, 2.24) is 30.6 Å². The van der Waals surface area contributed by atoms with Gasteiger partial charge >= 0.3 is 0 Å². The van der Waals surface area contributed by atoms with Gasteiger partial charge in [0.15, 0.2) is 5.69 Å². The van der Waals surface area contributed by atoms with Crippen LogP contribution in [0.5, 0.6) is 0 Å². The molecule has 2 aromatic heterocycles. The normalized spacial score (nSPS) is 17.4. The molecule has 0 aliphatic carbocycles. The lowest BCUT2D eigenvalue weighted by atomic mass is 10.0. The van der Waals surface area contributed by atoms with Crippen molar-refractivity contribution in [3.63, 3.8) is 0 Å². The molecule has 2 N–H and O–H groups in total. The summed E-state index contributed by atoms with van der Waals surface area (Å²) in [6.07, 6.45) is 9.00. The molecule has 0 bridgehead atoms. The molecule has 0 aromatic carbocycles. The number of nitrogens with one attached hydrogen (secondary N) is 2. The summed E-state index contributed by atoms with van der Waals surface area (Å²) in [4.78, 5) is 16.5. The zero-order chi connectivity index (χ0) is 17.5. The fraction of sp³-hybridized carbons (Fsp3) is 0.556. The Labute approximate surface area is 148 Å². The lowest BCUT2D eigenvalue weighted by Gasteiger charge is -2.23. The molecule has 25 heavy (non-hydrogen) atoms. The van der Waals surface area contributed by atoms with Gasteiger partial charge in [-0.25, -0.2) is 0 Å². The van der Waals surface area contributed by atoms with E-state index in [9.17, 15) is 4.79 Å². The standard InChI is InChI=1S/C18H26N6O/c1-14-5-4-10-20-16(14)7-11-21-18(25)17-13-24(23-22-17)12-8-15-6-2-3-9-19-15/h4-5,10,13,15,19H,2-3,6-9,11-12H2,1H3,(H,21,25)/t15-/m1/s1. The van der Waals surface area contributed by atoms with Crippen molar-refractivity contribution in [2.24, 2.45) is 0 Å². The largest absolute Gasteiger partial charge is 0.350 e. The molecule has 0 unspecified atom stereocenters. The Morgan fingerprint density at radius 1 is 1.44 bits per heavy atom. The minimum Gasteiger partial charge on any atom is -0.350 e. The Kier molecular flexibility index (Phi) is 6.11. The van der Waals surface area contributed by atoms with Crippen molar-refractivity contribution in [2.45, 2.75) is 51.6 Å². The van der Waals surface area contributed by atoms with Crippen LogP contribution in [-0.4, -0.2) is 45.0 Å². The van der Waals surface area contributed by atoms with Crippen LogP contribution in [0.1, 0.15) is 47.4 Å². The van der Waals surface area contributed by atoms with Crippen LogP contribution in [0.4, 0.5) is 0 Å². The number of hydrogen-bond donors (Lipinski definition) is 2. The molecule has 0 radical (unpaired) electrons. The molecule has 0 spiro atoms. The fourth-order valence-corrected chi connectivity index (χ4v) is 3.14. The Morgan fingerprint density at radius 3 is 3.16 bits per heavy atom. The molecule has 0 saturated carbocycles. The van der Waals surface area contributed by atoms with Crippen molar-refractivity contribution in [3.05, 3.63) is 41.5 Å². The number of amides is 1. The van der Waals surface area contributed by atoms with E-state index in [1.165, 1.54) is 19.3 Å². The summed E-state index contributed by atoms with van der Waals surface area (Å²) < 4.78 is 1.76. The number of aryl methyl sites for hydroxylation is 2. The Bertz CT molecular complexity index is 692. The van der Waals surface area contributed by atoms with Crippen molar-refractivity contribution in [3.8, 4) is 0 Å². The quantitative estimate of drug-likeness (QED) is 0.796. The van der Waals surface area contributed by atoms with Crippen LogP contribution in [-0.2, 0) is 13.0 Å². The van der Waals surface area contributed by atoms with Crippen LogP contribution in [0, 0.1) is 6.92 Å². The van der Waals surface area contributed by atoms with E-state index in [1.54, 1.807) is 17.1 Å². The molecular weight excluding hydrogens is 316 g/mol. The van der Waals surface area contributed by atoms with E-state index in [-0.39, 0.29) is 5.91 Å². The van der Waals surface area contributed by atoms with Gasteiger partial charge in [0.05, 0.1) is 6.20 Å². The average Bonchev–Trinajstić information content (AvgIpc) is 3.11. The number of aromatic nitrogens is 4. The summed E-state index contributed by atoms with van der Waals surface area (Å²) in [5, 5.41) is 14.5. The molecule has 1 saturated heterocycles. The van der Waals surface area contributed by atoms with Crippen molar-refractivity contribution in [1.29, 1.82) is 0 Å². The summed E-state index contributed by atoms with van der Waals surface area (Å²) in [7, 11) is 0. The minimum atomic E-state index is -0.185. The third-order valence-electron chi connectivity index (χ3n) is 4.66. The number of hydrogen-bond acceptors (Lipinski definition) is 5. The number of pyridine rings is 1. The van der Waals surface area contributed by atoms with E-state index in [0.29, 0.717) is 24.7 Å². The third kappa shape index (κ3) is 5.09. The lowest BCUT2D eigenvalue weighted by molar-refractivity contribution is 0.0949. The van der Waals surface area contributed by atoms with Gasteiger partial charge in [0.1, 0.15) is 0 Å². The van der Waals surface area contributed by atoms with Gasteiger partial charge in [0.25, 0.3) is 5.91 Å². The fourth-order valence-electron chi connectivity index (χ4n) is 3.14. The first-order valence-electron chi connectivity index (χ1n) is 9.04. The van der Waals surface area contributed by atoms with Gasteiger partial charge in [-0.05, 0) is 44.4 Å². The zero-order valence-corrected chi connectivity index (χ0v) is 14.7. The highest BCUT2D eigenvalue weighted by Gasteiger charge is 2.14. The minimum absolute atomic E-state index is 0.185. The van der Waals surface area contributed by atoms with Gasteiger partial charge < -0.3 is 10.6 Å². The summed E-state index contributed by atoms with van der Waals surface area (Å²) in [6.45, 7) is 4.45. The van der Waals surface area contributed by atoms with Crippen LogP contribution >= 0.6 is 0 Å². The van der Waals surface area contributed by atoms with Crippen molar-refractivity contribution >= 4 is 5.91 Å². The molecule has 3 rings (SSSR count). The first kappa shape index (κ1) is 17.5. The number of nitrogens with zero attached hydrogens (tertiary/aromatic N) is 4. The van der Waals surface area contributed by atoms with Crippen molar-refractivity contribution < 1.29 is 4.79 Å². The highest BCUT2D eigenvalue weighted by Crippen LogP contribution is 2.10. The van der Waals surface area contributed by atoms with Crippen molar-refractivity contribution in [2.75, 3.05) is 13.1 Å². The van der Waals surface area contributed by atoms with E-state index in [1.807, 2.05) is 19.1 Å². The van der Waals surface area contributed by atoms with Crippen LogP contribution < -0.4 is 10.6 Å². The molecule has 1 aliphatic heterocycles. The van der Waals surface area contributed by atoms with Gasteiger partial charge in [-0.2, -0.15) is 0 Å². The summed E-state index contributed by atoms with van der Waals surface area (Å²) >= 11 is 0. The SMILES string of the molecule is Cc1cccnc1CCNC(=O)c1cn(CC[C@H]2CCCCN2)nn1. The molecule has 134 valence electrons. The molecule has 1 amide bonds. The van der Waals surface area contributed by atoms with Crippen LogP contribution in [0.15, 0.2) is 24.5 Å². The average molecular weight is 342 g/mol. The highest BCUT2D eigenvalue weighted by atomic mass is 16.2. The number of rotatable bonds is 7. The first-order valence-corrected chi connectivity index (χ1v) is 9.04. The maximum absolute atomic E-state index is 12.2. The van der Waals surface area contributed by atoms with E-state index in [2.05, 4.69) is 25.9 Å². The first-order chi connectivity index (χ1) is 12.2. The topological polar surface area (TPSA) is 84.7 Å². The molecule has 2 aromatic rings. The molecule has 1 atom stereocenters. The Morgan fingerprint density at radius 2 is 2.36 bits per heavy atom. The van der Waals surface area contributed by atoms with Crippen LogP contribution in [0.25, 0.3) is 0 Å². The number of carbonyl (C=O) groups is 1. The molecule has 1 fully saturated rings. The van der Waals surface area contributed by atoms with Gasteiger partial charge in [-0.15, -0.1) is 5.10 Å². The Hall–Kier alpha value is -2.28. The molecule has 3 heterocycles. The van der Waals surface area contributed by atoms with Gasteiger partial charge in [-0.1, -0.05) is 17.7 Å². The van der Waals surface area contributed by atoms with Gasteiger partial charge in [-0.3, -0.25) is 14.5 Å². The van der Waals surface area contributed by atoms with Crippen LogP contribution in [0.2, 0.25) is 0 Å². The van der Waals surface area contributed by atoms with E-state index >= 15 is 0 Å². The number of piperidine rings is 1.